The van der Waals surface area contributed by atoms with Crippen LogP contribution in [0.4, 0.5) is 0 Å². The molecule has 1 aliphatic rings. The lowest BCUT2D eigenvalue weighted by atomic mass is 10.0. The number of hydrogen-bond acceptors (Lipinski definition) is 4. The van der Waals surface area contributed by atoms with Crippen LogP contribution in [0.15, 0.2) is 36.4 Å². The molecule has 1 unspecified atom stereocenters. The van der Waals surface area contributed by atoms with E-state index in [4.69, 9.17) is 21.9 Å². The molecular weight excluding hydrogens is 294 g/mol. The maximum Gasteiger partial charge on any atom is 0.0855 e. The van der Waals surface area contributed by atoms with Gasteiger partial charge in [-0.25, -0.2) is 0 Å². The molecule has 0 amide bonds. The number of para-hydroxylation sites is 1. The predicted octanol–water partition coefficient (Wildman–Crippen LogP) is 2.20. The Morgan fingerprint density at radius 2 is 2.05 bits per heavy atom. The maximum absolute atomic E-state index is 5.54. The van der Waals surface area contributed by atoms with Crippen molar-refractivity contribution in [3.63, 3.8) is 0 Å². The van der Waals surface area contributed by atoms with Gasteiger partial charge in [0.2, 0.25) is 0 Å². The van der Waals surface area contributed by atoms with E-state index in [1.54, 1.807) is 0 Å². The first kappa shape index (κ1) is 15.3. The van der Waals surface area contributed by atoms with E-state index < -0.39 is 0 Å². The van der Waals surface area contributed by atoms with Crippen LogP contribution in [0.25, 0.3) is 10.9 Å². The molecule has 1 atom stereocenters. The Balaban J connectivity index is 1.87. The SMILES string of the molecule is CNC(=S)C(CN1CCOCC1)c1ccc2ccccc2n1. The van der Waals surface area contributed by atoms with E-state index in [-0.39, 0.29) is 5.92 Å². The predicted molar refractivity (Wildman–Crippen MR) is 93.4 cm³/mol. The molecule has 1 N–H and O–H groups in total. The second kappa shape index (κ2) is 7.13. The quantitative estimate of drug-likeness (QED) is 0.876. The van der Waals surface area contributed by atoms with E-state index in [1.807, 2.05) is 25.2 Å². The summed E-state index contributed by atoms with van der Waals surface area (Å²) in [5, 5.41) is 4.29. The molecule has 1 fully saturated rings. The molecule has 3 rings (SSSR count). The van der Waals surface area contributed by atoms with Crippen LogP contribution in [0, 0.1) is 0 Å². The Bertz CT molecular complexity index is 655. The van der Waals surface area contributed by atoms with Gasteiger partial charge in [0.25, 0.3) is 0 Å². The van der Waals surface area contributed by atoms with Crippen molar-refractivity contribution in [3.8, 4) is 0 Å². The normalized spacial score (nSPS) is 17.3. The minimum atomic E-state index is 0.114. The van der Waals surface area contributed by atoms with Gasteiger partial charge in [0, 0.05) is 32.1 Å². The Morgan fingerprint density at radius 1 is 1.27 bits per heavy atom. The molecule has 1 aliphatic heterocycles. The van der Waals surface area contributed by atoms with Gasteiger partial charge in [-0.2, -0.15) is 0 Å². The van der Waals surface area contributed by atoms with Crippen LogP contribution in [-0.2, 0) is 4.74 Å². The molecule has 2 heterocycles. The molecule has 5 heteroatoms. The van der Waals surface area contributed by atoms with Crippen molar-refractivity contribution in [1.82, 2.24) is 15.2 Å². The summed E-state index contributed by atoms with van der Waals surface area (Å²) in [6.45, 7) is 4.38. The first-order valence-electron chi connectivity index (χ1n) is 7.65. The van der Waals surface area contributed by atoms with Crippen LogP contribution in [0.1, 0.15) is 11.6 Å². The third-order valence-electron chi connectivity index (χ3n) is 4.08. The number of rotatable bonds is 4. The van der Waals surface area contributed by atoms with Crippen molar-refractivity contribution < 1.29 is 4.74 Å². The van der Waals surface area contributed by atoms with Crippen LogP contribution in [0.2, 0.25) is 0 Å². The van der Waals surface area contributed by atoms with Gasteiger partial charge in [-0.1, -0.05) is 36.5 Å². The lowest BCUT2D eigenvalue weighted by Gasteiger charge is -2.30. The second-order valence-corrected chi connectivity index (χ2v) is 5.95. The van der Waals surface area contributed by atoms with E-state index in [1.165, 1.54) is 0 Å². The van der Waals surface area contributed by atoms with Gasteiger partial charge in [0.05, 0.1) is 35.3 Å². The Morgan fingerprint density at radius 3 is 2.82 bits per heavy atom. The van der Waals surface area contributed by atoms with E-state index in [9.17, 15) is 0 Å². The number of ether oxygens (including phenoxy) is 1. The summed E-state index contributed by atoms with van der Waals surface area (Å²) in [5.41, 5.74) is 2.05. The van der Waals surface area contributed by atoms with Crippen LogP contribution in [0.5, 0.6) is 0 Å². The van der Waals surface area contributed by atoms with Gasteiger partial charge >= 0.3 is 0 Å². The zero-order valence-electron chi connectivity index (χ0n) is 12.8. The van der Waals surface area contributed by atoms with Crippen molar-refractivity contribution in [1.29, 1.82) is 0 Å². The molecule has 2 aromatic rings. The Hall–Kier alpha value is -1.56. The number of likely N-dealkylation sites (N-methyl/N-ethyl adjacent to an activating group) is 1. The molecule has 1 aromatic heterocycles. The second-order valence-electron chi connectivity index (χ2n) is 5.51. The summed E-state index contributed by atoms with van der Waals surface area (Å²) >= 11 is 5.54. The van der Waals surface area contributed by atoms with Crippen LogP contribution in [0.3, 0.4) is 0 Å². The molecular formula is C17H21N3OS. The molecule has 22 heavy (non-hydrogen) atoms. The van der Waals surface area contributed by atoms with E-state index in [2.05, 4.69) is 28.4 Å². The zero-order chi connectivity index (χ0) is 15.4. The zero-order valence-corrected chi connectivity index (χ0v) is 13.6. The molecule has 4 nitrogen and oxygen atoms in total. The third-order valence-corrected chi connectivity index (χ3v) is 4.57. The van der Waals surface area contributed by atoms with Crippen molar-refractivity contribution >= 4 is 28.1 Å². The van der Waals surface area contributed by atoms with Crippen LogP contribution >= 0.6 is 12.2 Å². The summed E-state index contributed by atoms with van der Waals surface area (Å²) in [4.78, 5) is 8.06. The van der Waals surface area contributed by atoms with Crippen LogP contribution in [-0.4, -0.2) is 54.8 Å². The molecule has 0 bridgehead atoms. The highest BCUT2D eigenvalue weighted by atomic mass is 32.1. The summed E-state index contributed by atoms with van der Waals surface area (Å²) < 4.78 is 5.43. The first-order valence-corrected chi connectivity index (χ1v) is 8.06. The van der Waals surface area contributed by atoms with Gasteiger partial charge in [0.1, 0.15) is 0 Å². The molecule has 1 aromatic carbocycles. The van der Waals surface area contributed by atoms with Gasteiger partial charge in [-0.3, -0.25) is 9.88 Å². The summed E-state index contributed by atoms with van der Waals surface area (Å²) in [7, 11) is 1.88. The minimum Gasteiger partial charge on any atom is -0.382 e. The monoisotopic (exact) mass is 315 g/mol. The molecule has 0 aliphatic carbocycles. The van der Waals surface area contributed by atoms with Crippen molar-refractivity contribution in [3.05, 3.63) is 42.1 Å². The Labute approximate surface area is 136 Å². The lowest BCUT2D eigenvalue weighted by Crippen LogP contribution is -2.41. The van der Waals surface area contributed by atoms with Crippen molar-refractivity contribution in [2.24, 2.45) is 0 Å². The van der Waals surface area contributed by atoms with Crippen LogP contribution < -0.4 is 5.32 Å². The fourth-order valence-electron chi connectivity index (χ4n) is 2.80. The number of hydrogen-bond donors (Lipinski definition) is 1. The molecule has 0 radical (unpaired) electrons. The van der Waals surface area contributed by atoms with Gasteiger partial charge in [-0.05, 0) is 12.1 Å². The fraction of sp³-hybridized carbons (Fsp3) is 0.412. The van der Waals surface area contributed by atoms with Gasteiger partial charge in [-0.15, -0.1) is 0 Å². The fourth-order valence-corrected chi connectivity index (χ4v) is 3.00. The average Bonchev–Trinajstić information content (AvgIpc) is 2.59. The van der Waals surface area contributed by atoms with E-state index in [0.717, 1.165) is 54.4 Å². The summed E-state index contributed by atoms with van der Waals surface area (Å²) in [6, 6.07) is 12.4. The smallest absolute Gasteiger partial charge is 0.0855 e. The van der Waals surface area contributed by atoms with Crippen molar-refractivity contribution in [2.75, 3.05) is 39.9 Å². The molecule has 1 saturated heterocycles. The largest absolute Gasteiger partial charge is 0.382 e. The summed E-state index contributed by atoms with van der Waals surface area (Å²) in [6.07, 6.45) is 0. The van der Waals surface area contributed by atoms with E-state index in [0.29, 0.717) is 0 Å². The number of nitrogens with one attached hydrogen (secondary N) is 1. The number of fused-ring (bicyclic) bond motifs is 1. The number of morpholine rings is 1. The molecule has 0 spiro atoms. The number of nitrogens with zero attached hydrogens (tertiary/aromatic N) is 2. The highest BCUT2D eigenvalue weighted by molar-refractivity contribution is 7.80. The molecule has 116 valence electrons. The average molecular weight is 315 g/mol. The van der Waals surface area contributed by atoms with Gasteiger partial charge in [0.15, 0.2) is 0 Å². The summed E-state index contributed by atoms with van der Waals surface area (Å²) in [5.74, 6) is 0.114. The number of aromatic nitrogens is 1. The standard InChI is InChI=1S/C17H21N3OS/c1-18-17(22)14(12-20-8-10-21-11-9-20)16-7-6-13-4-2-3-5-15(13)19-16/h2-7,14H,8-12H2,1H3,(H,18,22). The first-order chi connectivity index (χ1) is 10.8. The topological polar surface area (TPSA) is 37.4 Å². The number of benzene rings is 1. The lowest BCUT2D eigenvalue weighted by molar-refractivity contribution is 0.0373. The Kier molecular flexibility index (Phi) is 4.97. The number of pyridine rings is 1. The third kappa shape index (κ3) is 3.43. The maximum atomic E-state index is 5.54. The highest BCUT2D eigenvalue weighted by Gasteiger charge is 2.22. The molecule has 0 saturated carbocycles. The highest BCUT2D eigenvalue weighted by Crippen LogP contribution is 2.21. The van der Waals surface area contributed by atoms with E-state index >= 15 is 0 Å². The van der Waals surface area contributed by atoms with Crippen molar-refractivity contribution in [2.45, 2.75) is 5.92 Å². The van der Waals surface area contributed by atoms with Gasteiger partial charge < -0.3 is 10.1 Å². The minimum absolute atomic E-state index is 0.114. The number of thiocarbonyl (C=S) groups is 1.